The van der Waals surface area contributed by atoms with Crippen molar-refractivity contribution in [2.75, 3.05) is 5.88 Å². The Morgan fingerprint density at radius 2 is 2.19 bits per heavy atom. The van der Waals surface area contributed by atoms with E-state index >= 15 is 0 Å². The van der Waals surface area contributed by atoms with Crippen LogP contribution in [0.5, 0.6) is 0 Å². The van der Waals surface area contributed by atoms with E-state index in [9.17, 15) is 4.79 Å². The molecule has 2 nitrogen and oxygen atoms in total. The molecular weight excluding hydrogens is 222 g/mol. The van der Waals surface area contributed by atoms with Crippen LogP contribution in [0.3, 0.4) is 0 Å². The first-order chi connectivity index (χ1) is 7.65. The Kier molecular flexibility index (Phi) is 3.38. The molecule has 1 aliphatic carbocycles. The van der Waals surface area contributed by atoms with Gasteiger partial charge < -0.3 is 4.57 Å². The van der Waals surface area contributed by atoms with Crippen LogP contribution in [0.25, 0.3) is 0 Å². The topological polar surface area (TPSA) is 22.0 Å². The Hall–Kier alpha value is -0.760. The van der Waals surface area contributed by atoms with Crippen LogP contribution in [0.4, 0.5) is 0 Å². The lowest BCUT2D eigenvalue weighted by Gasteiger charge is -2.07. The summed E-state index contributed by atoms with van der Waals surface area (Å²) in [5.41, 5.74) is 3.25. The summed E-state index contributed by atoms with van der Waals surface area (Å²) in [6.45, 7) is 4.14. The van der Waals surface area contributed by atoms with E-state index in [1.165, 1.54) is 18.5 Å². The summed E-state index contributed by atoms with van der Waals surface area (Å²) in [6.07, 6.45) is 3.85. The molecule has 0 radical (unpaired) electrons. The van der Waals surface area contributed by atoms with Crippen LogP contribution in [-0.4, -0.2) is 16.2 Å². The van der Waals surface area contributed by atoms with Crippen molar-refractivity contribution in [2.24, 2.45) is 0 Å². The van der Waals surface area contributed by atoms with Gasteiger partial charge in [0.2, 0.25) is 0 Å². The molecule has 1 aromatic rings. The summed E-state index contributed by atoms with van der Waals surface area (Å²) < 4.78 is 2.31. The van der Waals surface area contributed by atoms with Gasteiger partial charge in [-0.15, -0.1) is 11.6 Å². The number of ketones is 1. The summed E-state index contributed by atoms with van der Waals surface area (Å²) in [4.78, 5) is 12.0. The molecule has 1 heterocycles. The van der Waals surface area contributed by atoms with E-state index in [4.69, 9.17) is 11.6 Å². The Bertz CT molecular complexity index is 404. The second-order valence-corrected chi connectivity index (χ2v) is 4.98. The van der Waals surface area contributed by atoms with Gasteiger partial charge in [-0.2, -0.15) is 0 Å². The Morgan fingerprint density at radius 3 is 2.75 bits per heavy atom. The highest BCUT2D eigenvalue weighted by Crippen LogP contribution is 2.38. The monoisotopic (exact) mass is 239 g/mol. The predicted octanol–water partition coefficient (Wildman–Crippen LogP) is 3.64. The maximum Gasteiger partial charge on any atom is 0.164 e. The minimum absolute atomic E-state index is 0.237. The van der Waals surface area contributed by atoms with Gasteiger partial charge in [0.1, 0.15) is 0 Å². The molecule has 16 heavy (non-hydrogen) atoms. The van der Waals surface area contributed by atoms with Gasteiger partial charge in [0.15, 0.2) is 5.78 Å². The molecule has 1 aliphatic rings. The average molecular weight is 240 g/mol. The maximum atomic E-state index is 12.0. The van der Waals surface area contributed by atoms with Gasteiger partial charge in [0, 0.05) is 35.3 Å². The van der Waals surface area contributed by atoms with Crippen LogP contribution >= 0.6 is 11.6 Å². The zero-order valence-electron chi connectivity index (χ0n) is 9.92. The summed E-state index contributed by atoms with van der Waals surface area (Å²) in [5.74, 6) is 0.799. The maximum absolute atomic E-state index is 12.0. The number of hydrogen-bond donors (Lipinski definition) is 0. The van der Waals surface area contributed by atoms with Gasteiger partial charge in [0.25, 0.3) is 0 Å². The first kappa shape index (κ1) is 11.7. The molecule has 0 N–H and O–H groups in total. The summed E-state index contributed by atoms with van der Waals surface area (Å²) in [6, 6.07) is 2.68. The quantitative estimate of drug-likeness (QED) is 0.568. The van der Waals surface area contributed by atoms with Crippen LogP contribution in [0.15, 0.2) is 6.07 Å². The highest BCUT2D eigenvalue weighted by atomic mass is 35.5. The van der Waals surface area contributed by atoms with Crippen molar-refractivity contribution in [1.82, 2.24) is 4.57 Å². The highest BCUT2D eigenvalue weighted by Gasteiger charge is 2.28. The molecule has 0 unspecified atom stereocenters. The lowest BCUT2D eigenvalue weighted by atomic mass is 10.1. The van der Waals surface area contributed by atoms with Crippen LogP contribution < -0.4 is 0 Å². The summed E-state index contributed by atoms with van der Waals surface area (Å²) >= 11 is 5.61. The molecule has 0 bridgehead atoms. The lowest BCUT2D eigenvalue weighted by molar-refractivity contribution is 0.0981. The largest absolute Gasteiger partial charge is 0.345 e. The Morgan fingerprint density at radius 1 is 1.50 bits per heavy atom. The van der Waals surface area contributed by atoms with Crippen LogP contribution in [0.2, 0.25) is 0 Å². The fraction of sp³-hybridized carbons (Fsp3) is 0.615. The lowest BCUT2D eigenvalue weighted by Crippen LogP contribution is -2.03. The molecule has 1 aromatic heterocycles. The molecule has 0 spiro atoms. The standard InChI is InChI=1S/C13H18ClNO/c1-9-8-12(13(16)4-3-7-14)10(2)15(9)11-5-6-11/h8,11H,3-7H2,1-2H3. The van der Waals surface area contributed by atoms with E-state index in [1.54, 1.807) is 0 Å². The molecular formula is C13H18ClNO. The van der Waals surface area contributed by atoms with E-state index in [-0.39, 0.29) is 5.78 Å². The smallest absolute Gasteiger partial charge is 0.164 e. The second-order valence-electron chi connectivity index (χ2n) is 4.60. The number of nitrogens with zero attached hydrogens (tertiary/aromatic N) is 1. The van der Waals surface area contributed by atoms with Crippen molar-refractivity contribution in [3.8, 4) is 0 Å². The molecule has 0 atom stereocenters. The zero-order chi connectivity index (χ0) is 11.7. The third-order valence-corrected chi connectivity index (χ3v) is 3.50. The van der Waals surface area contributed by atoms with E-state index in [2.05, 4.69) is 18.4 Å². The minimum atomic E-state index is 0.237. The molecule has 0 saturated heterocycles. The number of rotatable bonds is 5. The van der Waals surface area contributed by atoms with Crippen LogP contribution in [0, 0.1) is 13.8 Å². The number of carbonyl (C=O) groups is 1. The summed E-state index contributed by atoms with van der Waals surface area (Å²) in [5, 5.41) is 0. The van der Waals surface area contributed by atoms with E-state index in [0.29, 0.717) is 18.3 Å². The summed E-state index contributed by atoms with van der Waals surface area (Å²) in [7, 11) is 0. The number of hydrogen-bond acceptors (Lipinski definition) is 1. The normalized spacial score (nSPS) is 15.4. The first-order valence-corrected chi connectivity index (χ1v) is 6.46. The molecule has 3 heteroatoms. The van der Waals surface area contributed by atoms with Crippen molar-refractivity contribution in [1.29, 1.82) is 0 Å². The first-order valence-electron chi connectivity index (χ1n) is 5.92. The predicted molar refractivity (Wildman–Crippen MR) is 66.5 cm³/mol. The third-order valence-electron chi connectivity index (χ3n) is 3.23. The third kappa shape index (κ3) is 2.17. The molecule has 2 rings (SSSR count). The highest BCUT2D eigenvalue weighted by molar-refractivity contribution is 6.18. The number of alkyl halides is 1. The van der Waals surface area contributed by atoms with E-state index < -0.39 is 0 Å². The van der Waals surface area contributed by atoms with Crippen molar-refractivity contribution < 1.29 is 4.79 Å². The number of Topliss-reactive ketones (excluding diaryl/α,β-unsaturated/α-hetero) is 1. The van der Waals surface area contributed by atoms with Gasteiger partial charge >= 0.3 is 0 Å². The fourth-order valence-corrected chi connectivity index (χ4v) is 2.45. The Labute approximate surface area is 102 Å². The number of carbonyl (C=O) groups excluding carboxylic acids is 1. The van der Waals surface area contributed by atoms with Gasteiger partial charge in [-0.05, 0) is 39.2 Å². The molecule has 1 saturated carbocycles. The van der Waals surface area contributed by atoms with Crippen molar-refractivity contribution in [3.05, 3.63) is 23.0 Å². The molecule has 1 fully saturated rings. The van der Waals surface area contributed by atoms with E-state index in [0.717, 1.165) is 17.7 Å². The Balaban J connectivity index is 2.21. The second kappa shape index (κ2) is 4.62. The van der Waals surface area contributed by atoms with Gasteiger partial charge in [-0.25, -0.2) is 0 Å². The van der Waals surface area contributed by atoms with Crippen molar-refractivity contribution in [2.45, 2.75) is 45.6 Å². The molecule has 88 valence electrons. The molecule has 0 aromatic carbocycles. The number of aryl methyl sites for hydroxylation is 1. The van der Waals surface area contributed by atoms with Crippen LogP contribution in [0.1, 0.15) is 53.5 Å². The fourth-order valence-electron chi connectivity index (χ4n) is 2.32. The van der Waals surface area contributed by atoms with Crippen molar-refractivity contribution in [3.63, 3.8) is 0 Å². The average Bonchev–Trinajstić information content (AvgIpc) is 3.03. The number of aromatic nitrogens is 1. The van der Waals surface area contributed by atoms with E-state index in [1.807, 2.05) is 6.07 Å². The molecule has 0 aliphatic heterocycles. The van der Waals surface area contributed by atoms with Crippen molar-refractivity contribution >= 4 is 17.4 Å². The number of halogens is 1. The van der Waals surface area contributed by atoms with Crippen LogP contribution in [-0.2, 0) is 0 Å². The minimum Gasteiger partial charge on any atom is -0.345 e. The van der Waals surface area contributed by atoms with Gasteiger partial charge in [-0.1, -0.05) is 0 Å². The van der Waals surface area contributed by atoms with Gasteiger partial charge in [0.05, 0.1) is 0 Å². The molecule has 0 amide bonds. The zero-order valence-corrected chi connectivity index (χ0v) is 10.7. The van der Waals surface area contributed by atoms with Gasteiger partial charge in [-0.3, -0.25) is 4.79 Å². The SMILES string of the molecule is Cc1cc(C(=O)CCCCl)c(C)n1C1CC1.